The van der Waals surface area contributed by atoms with Gasteiger partial charge in [0.25, 0.3) is 0 Å². The van der Waals surface area contributed by atoms with Crippen molar-refractivity contribution in [3.63, 3.8) is 0 Å². The molecular formula is C27H25ClF5N3O3. The van der Waals surface area contributed by atoms with Crippen molar-refractivity contribution in [2.75, 3.05) is 26.3 Å². The summed E-state index contributed by atoms with van der Waals surface area (Å²) >= 11 is 6.34. The number of phenolic OH excluding ortho intramolecular Hbond substituents is 1. The van der Waals surface area contributed by atoms with Crippen LogP contribution < -0.4 is 9.47 Å². The number of phenols is 1. The van der Waals surface area contributed by atoms with Gasteiger partial charge in [0.15, 0.2) is 12.4 Å². The second-order valence-electron chi connectivity index (χ2n) is 10.5. The van der Waals surface area contributed by atoms with Gasteiger partial charge in [-0.2, -0.15) is 23.1 Å². The van der Waals surface area contributed by atoms with Crippen molar-refractivity contribution in [2.24, 2.45) is 0 Å². The highest BCUT2D eigenvalue weighted by atomic mass is 35.5. The van der Waals surface area contributed by atoms with Crippen LogP contribution in [0.1, 0.15) is 50.0 Å². The predicted octanol–water partition coefficient (Wildman–Crippen LogP) is 6.76. The standard InChI is InChI=1S/C27H25ClF5N3O3/c28-18-10-15(37)9-16(20(18)14-3-4-14)21-19(29)11-17-23(22(21)30)34-25(35-24(17)38-13-27(31,32)33)39-12-26-5-1-7-36(26)8-2-6-26/h9-11,14,37H,1-8,12-13H2. The minimum absolute atomic E-state index is 0.0300. The van der Waals surface area contributed by atoms with Crippen LogP contribution in [-0.4, -0.2) is 58.0 Å². The molecule has 39 heavy (non-hydrogen) atoms. The molecule has 208 valence electrons. The van der Waals surface area contributed by atoms with Gasteiger partial charge in [-0.05, 0) is 86.9 Å². The highest BCUT2D eigenvalue weighted by Crippen LogP contribution is 2.50. The van der Waals surface area contributed by atoms with Crippen LogP contribution in [0, 0.1) is 11.6 Å². The van der Waals surface area contributed by atoms with Gasteiger partial charge in [-0.15, -0.1) is 0 Å². The van der Waals surface area contributed by atoms with Gasteiger partial charge in [-0.25, -0.2) is 8.78 Å². The molecule has 3 fully saturated rings. The largest absolute Gasteiger partial charge is 0.508 e. The van der Waals surface area contributed by atoms with Crippen LogP contribution in [0.15, 0.2) is 18.2 Å². The fraction of sp³-hybridized carbons (Fsp3) is 0.481. The van der Waals surface area contributed by atoms with Crippen molar-refractivity contribution >= 4 is 22.5 Å². The Morgan fingerprint density at radius 2 is 1.77 bits per heavy atom. The van der Waals surface area contributed by atoms with Gasteiger partial charge in [-0.1, -0.05) is 11.6 Å². The number of fused-ring (bicyclic) bond motifs is 2. The number of alkyl halides is 3. The van der Waals surface area contributed by atoms with Crippen molar-refractivity contribution < 1.29 is 36.5 Å². The van der Waals surface area contributed by atoms with Crippen LogP contribution in [0.25, 0.3) is 22.0 Å². The Hall–Kier alpha value is -2.92. The molecule has 0 bridgehead atoms. The molecule has 0 unspecified atom stereocenters. The molecule has 2 saturated heterocycles. The van der Waals surface area contributed by atoms with Gasteiger partial charge in [0.1, 0.15) is 23.7 Å². The molecule has 6 nitrogen and oxygen atoms in total. The van der Waals surface area contributed by atoms with Crippen molar-refractivity contribution in [3.8, 4) is 28.8 Å². The smallest absolute Gasteiger partial charge is 0.422 e. The van der Waals surface area contributed by atoms with E-state index >= 15 is 8.78 Å². The molecule has 3 heterocycles. The Labute approximate surface area is 225 Å². The van der Waals surface area contributed by atoms with Crippen LogP contribution in [0.2, 0.25) is 5.02 Å². The summed E-state index contributed by atoms with van der Waals surface area (Å²) in [5, 5.41) is 9.96. The lowest BCUT2D eigenvalue weighted by Gasteiger charge is -2.31. The number of aromatic nitrogens is 2. The molecular weight excluding hydrogens is 545 g/mol. The van der Waals surface area contributed by atoms with Crippen LogP contribution in [0.5, 0.6) is 17.6 Å². The average Bonchev–Trinajstić information content (AvgIpc) is 3.48. The van der Waals surface area contributed by atoms with Gasteiger partial charge >= 0.3 is 12.2 Å². The zero-order chi connectivity index (χ0) is 27.5. The Morgan fingerprint density at radius 1 is 1.05 bits per heavy atom. The molecule has 1 aromatic heterocycles. The lowest BCUT2D eigenvalue weighted by molar-refractivity contribution is -0.153. The van der Waals surface area contributed by atoms with E-state index in [2.05, 4.69) is 14.9 Å². The molecule has 2 aliphatic heterocycles. The molecule has 0 amide bonds. The van der Waals surface area contributed by atoms with Crippen molar-refractivity contribution in [1.82, 2.24) is 14.9 Å². The Balaban J connectivity index is 1.46. The number of hydrogen-bond donors (Lipinski definition) is 1. The van der Waals surface area contributed by atoms with Crippen LogP contribution >= 0.6 is 11.6 Å². The van der Waals surface area contributed by atoms with E-state index in [1.807, 2.05) is 0 Å². The lowest BCUT2D eigenvalue weighted by Crippen LogP contribution is -2.43. The zero-order valence-corrected chi connectivity index (χ0v) is 21.5. The highest BCUT2D eigenvalue weighted by Gasteiger charge is 2.45. The maximum absolute atomic E-state index is 16.1. The molecule has 0 atom stereocenters. The Kier molecular flexibility index (Phi) is 6.49. The molecule has 3 aromatic rings. The van der Waals surface area contributed by atoms with Crippen molar-refractivity contribution in [2.45, 2.75) is 56.2 Å². The fourth-order valence-corrected chi connectivity index (χ4v) is 6.35. The van der Waals surface area contributed by atoms with E-state index in [1.54, 1.807) is 0 Å². The van der Waals surface area contributed by atoms with Crippen molar-refractivity contribution in [1.29, 1.82) is 0 Å². The van der Waals surface area contributed by atoms with E-state index in [0.717, 1.165) is 57.7 Å². The zero-order valence-electron chi connectivity index (χ0n) is 20.8. The quantitative estimate of drug-likeness (QED) is 0.317. The summed E-state index contributed by atoms with van der Waals surface area (Å²) in [4.78, 5) is 10.5. The number of nitrogens with zero attached hydrogens (tertiary/aromatic N) is 3. The summed E-state index contributed by atoms with van der Waals surface area (Å²) in [6.45, 7) is 0.319. The summed E-state index contributed by atoms with van der Waals surface area (Å²) in [6, 6.07) is 3.01. The maximum atomic E-state index is 16.1. The predicted molar refractivity (Wildman–Crippen MR) is 133 cm³/mol. The van der Waals surface area contributed by atoms with Crippen LogP contribution in [-0.2, 0) is 0 Å². The molecule has 12 heteroatoms. The minimum Gasteiger partial charge on any atom is -0.508 e. The minimum atomic E-state index is -4.71. The topological polar surface area (TPSA) is 67.7 Å². The number of benzene rings is 2. The Morgan fingerprint density at radius 3 is 2.44 bits per heavy atom. The molecule has 2 aromatic carbocycles. The summed E-state index contributed by atoms with van der Waals surface area (Å²) in [6.07, 6.45) is 0.600. The normalized spacial score (nSPS) is 19.0. The first-order valence-corrected chi connectivity index (χ1v) is 13.2. The SMILES string of the molecule is Oc1cc(Cl)c(C2CC2)c(-c2c(F)cc3c(OCC(F)(F)F)nc(OCC45CCCN4CCC5)nc3c2F)c1. The summed E-state index contributed by atoms with van der Waals surface area (Å²) in [5.74, 6) is -3.17. The monoisotopic (exact) mass is 569 g/mol. The van der Waals surface area contributed by atoms with E-state index in [-0.39, 0.29) is 45.8 Å². The maximum Gasteiger partial charge on any atom is 0.422 e. The lowest BCUT2D eigenvalue weighted by atomic mass is 9.94. The highest BCUT2D eigenvalue weighted by molar-refractivity contribution is 6.32. The molecule has 0 spiro atoms. The van der Waals surface area contributed by atoms with Crippen LogP contribution in [0.3, 0.4) is 0 Å². The first kappa shape index (κ1) is 26.3. The van der Waals surface area contributed by atoms with Crippen LogP contribution in [0.4, 0.5) is 22.0 Å². The number of halogens is 6. The molecule has 3 aliphatic rings. The molecule has 0 radical (unpaired) electrons. The average molecular weight is 570 g/mol. The van der Waals surface area contributed by atoms with Gasteiger partial charge in [-0.3, -0.25) is 4.90 Å². The second kappa shape index (κ2) is 9.62. The van der Waals surface area contributed by atoms with E-state index in [4.69, 9.17) is 21.1 Å². The summed E-state index contributed by atoms with van der Waals surface area (Å²) < 4.78 is 81.4. The number of hydrogen-bond acceptors (Lipinski definition) is 6. The number of ether oxygens (including phenoxy) is 2. The Bertz CT molecular complexity index is 1440. The third-order valence-electron chi connectivity index (χ3n) is 7.85. The third kappa shape index (κ3) is 4.95. The molecule has 6 rings (SSSR count). The van der Waals surface area contributed by atoms with E-state index < -0.39 is 41.4 Å². The molecule has 1 N–H and O–H groups in total. The second-order valence-corrected chi connectivity index (χ2v) is 10.9. The van der Waals surface area contributed by atoms with E-state index in [9.17, 15) is 18.3 Å². The first-order chi connectivity index (χ1) is 18.5. The first-order valence-electron chi connectivity index (χ1n) is 12.8. The third-order valence-corrected chi connectivity index (χ3v) is 8.16. The van der Waals surface area contributed by atoms with Gasteiger partial charge in [0.2, 0.25) is 5.88 Å². The number of aromatic hydroxyl groups is 1. The van der Waals surface area contributed by atoms with Gasteiger partial charge < -0.3 is 14.6 Å². The van der Waals surface area contributed by atoms with Crippen molar-refractivity contribution in [3.05, 3.63) is 40.4 Å². The fourth-order valence-electron chi connectivity index (χ4n) is 5.98. The summed E-state index contributed by atoms with van der Waals surface area (Å²) in [5.41, 5.74) is -0.626. The van der Waals surface area contributed by atoms with Gasteiger partial charge in [0, 0.05) is 5.02 Å². The van der Waals surface area contributed by atoms with E-state index in [0.29, 0.717) is 5.56 Å². The molecule has 1 aliphatic carbocycles. The van der Waals surface area contributed by atoms with E-state index in [1.165, 1.54) is 12.1 Å². The molecule has 1 saturated carbocycles. The summed E-state index contributed by atoms with van der Waals surface area (Å²) in [7, 11) is 0. The number of rotatable bonds is 7. The van der Waals surface area contributed by atoms with Gasteiger partial charge in [0.05, 0.1) is 16.5 Å².